The number of thiophene rings is 1. The number of hydrogen-bond donors (Lipinski definition) is 2. The molecule has 0 amide bonds. The fourth-order valence-corrected chi connectivity index (χ4v) is 2.97. The maximum absolute atomic E-state index is 12.0. The first kappa shape index (κ1) is 14.7. The van der Waals surface area contributed by atoms with Crippen molar-refractivity contribution in [1.29, 1.82) is 0 Å². The van der Waals surface area contributed by atoms with Crippen molar-refractivity contribution in [3.8, 4) is 10.7 Å². The van der Waals surface area contributed by atoms with Gasteiger partial charge in [-0.3, -0.25) is 9.59 Å². The Balaban J connectivity index is 2.34. The quantitative estimate of drug-likeness (QED) is 0.814. The second-order valence-electron chi connectivity index (χ2n) is 3.89. The van der Waals surface area contributed by atoms with Crippen molar-refractivity contribution in [3.63, 3.8) is 0 Å². The number of halogens is 1. The molecule has 0 saturated carbocycles. The van der Waals surface area contributed by atoms with Crippen molar-refractivity contribution in [2.75, 3.05) is 12.3 Å². The molecule has 0 unspecified atom stereocenters. The number of H-pyrrole nitrogens is 1. The van der Waals surface area contributed by atoms with Gasteiger partial charge in [-0.25, -0.2) is 4.98 Å². The van der Waals surface area contributed by atoms with Gasteiger partial charge in [0.25, 0.3) is 5.56 Å². The summed E-state index contributed by atoms with van der Waals surface area (Å²) in [4.78, 5) is 30.9. The molecule has 106 valence electrons. The van der Waals surface area contributed by atoms with E-state index < -0.39 is 11.5 Å². The highest BCUT2D eigenvalue weighted by molar-refractivity contribution is 9.10. The number of aromatic nitrogens is 2. The molecule has 0 aliphatic heterocycles. The molecule has 0 saturated heterocycles. The average Bonchev–Trinajstić information content (AvgIpc) is 2.80. The summed E-state index contributed by atoms with van der Waals surface area (Å²) in [7, 11) is 0. The first-order valence-corrected chi connectivity index (χ1v) is 7.47. The third-order valence-corrected chi connectivity index (χ3v) is 4.17. The third kappa shape index (κ3) is 3.26. The monoisotopic (exact) mass is 357 g/mol. The zero-order chi connectivity index (χ0) is 14.7. The summed E-state index contributed by atoms with van der Waals surface area (Å²) in [6.07, 6.45) is -0.184. The highest BCUT2D eigenvalue weighted by Gasteiger charge is 2.15. The molecular formula is C12H12BrN3O3S. The summed E-state index contributed by atoms with van der Waals surface area (Å²) >= 11 is 4.75. The normalized spacial score (nSPS) is 10.5. The van der Waals surface area contributed by atoms with Crippen LogP contribution in [0.25, 0.3) is 10.7 Å². The number of hydrogen-bond acceptors (Lipinski definition) is 6. The van der Waals surface area contributed by atoms with Gasteiger partial charge >= 0.3 is 5.97 Å². The Labute approximate surface area is 127 Å². The molecule has 2 aromatic rings. The molecule has 6 nitrogen and oxygen atoms in total. The van der Waals surface area contributed by atoms with Gasteiger partial charge in [-0.15, -0.1) is 11.3 Å². The number of carbonyl (C=O) groups excluding carboxylic acids is 1. The molecule has 2 rings (SSSR count). The second-order valence-corrected chi connectivity index (χ2v) is 5.72. The van der Waals surface area contributed by atoms with E-state index in [-0.39, 0.29) is 24.4 Å². The number of nitrogen functional groups attached to an aromatic ring is 1. The number of rotatable bonds is 4. The van der Waals surface area contributed by atoms with Crippen molar-refractivity contribution >= 4 is 39.1 Å². The minimum atomic E-state index is -0.502. The fraction of sp³-hybridized carbons (Fsp3) is 0.250. The van der Waals surface area contributed by atoms with Crippen molar-refractivity contribution in [2.45, 2.75) is 13.3 Å². The van der Waals surface area contributed by atoms with Crippen LogP contribution in [0.4, 0.5) is 5.82 Å². The van der Waals surface area contributed by atoms with E-state index in [1.54, 1.807) is 6.92 Å². The van der Waals surface area contributed by atoms with Crippen LogP contribution in [0, 0.1) is 0 Å². The van der Waals surface area contributed by atoms with Gasteiger partial charge in [0.05, 0.1) is 23.5 Å². The number of carbonyl (C=O) groups is 1. The van der Waals surface area contributed by atoms with E-state index >= 15 is 0 Å². The fourth-order valence-electron chi connectivity index (χ4n) is 1.60. The van der Waals surface area contributed by atoms with Gasteiger partial charge in [-0.05, 0) is 28.9 Å². The van der Waals surface area contributed by atoms with E-state index in [0.29, 0.717) is 5.82 Å². The zero-order valence-electron chi connectivity index (χ0n) is 10.6. The molecule has 8 heteroatoms. The Morgan fingerprint density at radius 3 is 2.90 bits per heavy atom. The van der Waals surface area contributed by atoms with Crippen LogP contribution < -0.4 is 11.3 Å². The minimum Gasteiger partial charge on any atom is -0.466 e. The van der Waals surface area contributed by atoms with E-state index in [4.69, 9.17) is 10.5 Å². The molecule has 0 spiro atoms. The third-order valence-electron chi connectivity index (χ3n) is 2.47. The van der Waals surface area contributed by atoms with Crippen molar-refractivity contribution in [3.05, 3.63) is 31.8 Å². The zero-order valence-corrected chi connectivity index (χ0v) is 13.0. The van der Waals surface area contributed by atoms with Gasteiger partial charge in [0.1, 0.15) is 5.82 Å². The Kier molecular flexibility index (Phi) is 4.56. The van der Waals surface area contributed by atoms with Crippen LogP contribution in [0.2, 0.25) is 0 Å². The number of aromatic amines is 1. The predicted molar refractivity (Wildman–Crippen MR) is 80.6 cm³/mol. The molecule has 0 fully saturated rings. The molecule has 0 bridgehead atoms. The van der Waals surface area contributed by atoms with Gasteiger partial charge < -0.3 is 15.5 Å². The lowest BCUT2D eigenvalue weighted by molar-refractivity contribution is -0.142. The summed E-state index contributed by atoms with van der Waals surface area (Å²) in [6.45, 7) is 1.95. The highest BCUT2D eigenvalue weighted by atomic mass is 79.9. The Morgan fingerprint density at radius 2 is 2.35 bits per heavy atom. The smallest absolute Gasteiger partial charge is 0.310 e. The van der Waals surface area contributed by atoms with E-state index in [2.05, 4.69) is 25.9 Å². The second kappa shape index (κ2) is 6.19. The average molecular weight is 358 g/mol. The Bertz CT molecular complexity index is 695. The molecule has 0 atom stereocenters. The molecule has 0 aliphatic rings. The summed E-state index contributed by atoms with van der Waals surface area (Å²) in [5.74, 6) is -0.0738. The van der Waals surface area contributed by atoms with Crippen LogP contribution in [-0.4, -0.2) is 22.5 Å². The van der Waals surface area contributed by atoms with Crippen LogP contribution in [0.3, 0.4) is 0 Å². The molecular weight excluding hydrogens is 346 g/mol. The van der Waals surface area contributed by atoms with Crippen LogP contribution >= 0.6 is 27.3 Å². The number of nitrogens with one attached hydrogen (secondary N) is 1. The van der Waals surface area contributed by atoms with Crippen molar-refractivity contribution in [1.82, 2.24) is 9.97 Å². The number of nitrogens with two attached hydrogens (primary N) is 1. The van der Waals surface area contributed by atoms with Crippen molar-refractivity contribution in [2.24, 2.45) is 0 Å². The summed E-state index contributed by atoms with van der Waals surface area (Å²) in [5, 5.41) is 1.87. The first-order chi connectivity index (χ1) is 9.51. The van der Waals surface area contributed by atoms with Gasteiger partial charge in [-0.2, -0.15) is 0 Å². The van der Waals surface area contributed by atoms with Crippen molar-refractivity contribution < 1.29 is 9.53 Å². The predicted octanol–water partition coefficient (Wildman–Crippen LogP) is 1.95. The summed E-state index contributed by atoms with van der Waals surface area (Å²) < 4.78 is 5.69. The molecule has 2 aromatic heterocycles. The van der Waals surface area contributed by atoms with Crippen LogP contribution in [0.1, 0.15) is 12.5 Å². The lowest BCUT2D eigenvalue weighted by atomic mass is 10.2. The van der Waals surface area contributed by atoms with Crippen LogP contribution in [0.5, 0.6) is 0 Å². The lowest BCUT2D eigenvalue weighted by Gasteiger charge is -2.05. The maximum atomic E-state index is 12.0. The number of esters is 1. The minimum absolute atomic E-state index is 0.0429. The largest absolute Gasteiger partial charge is 0.466 e. The number of anilines is 1. The molecule has 2 heterocycles. The van der Waals surface area contributed by atoms with E-state index in [1.807, 2.05) is 11.4 Å². The molecule has 20 heavy (non-hydrogen) atoms. The maximum Gasteiger partial charge on any atom is 0.310 e. The number of ether oxygens (including phenoxy) is 1. The number of nitrogens with zero attached hydrogens (tertiary/aromatic N) is 1. The van der Waals surface area contributed by atoms with Crippen LogP contribution in [0.15, 0.2) is 20.7 Å². The van der Waals surface area contributed by atoms with Crippen LogP contribution in [-0.2, 0) is 16.0 Å². The molecule has 0 aromatic carbocycles. The van der Waals surface area contributed by atoms with Gasteiger partial charge in [0.15, 0.2) is 5.82 Å². The molecule has 3 N–H and O–H groups in total. The van der Waals surface area contributed by atoms with Gasteiger partial charge in [-0.1, -0.05) is 0 Å². The first-order valence-electron chi connectivity index (χ1n) is 5.80. The topological polar surface area (TPSA) is 98.1 Å². The Morgan fingerprint density at radius 1 is 1.60 bits per heavy atom. The summed E-state index contributed by atoms with van der Waals surface area (Å²) in [5.41, 5.74) is 5.47. The standard InChI is InChI=1S/C12H12BrN3O3S/c1-2-19-9(17)4-7-10(14)15-11(16-12(7)18)8-3-6(13)5-20-8/h3,5H,2,4H2,1H3,(H3,14,15,16,18). The Hall–Kier alpha value is -1.67. The van der Waals surface area contributed by atoms with Gasteiger partial charge in [0.2, 0.25) is 0 Å². The molecule has 0 radical (unpaired) electrons. The SMILES string of the molecule is CCOC(=O)Cc1c(N)nc(-c2cc(Br)cs2)[nH]c1=O. The van der Waals surface area contributed by atoms with E-state index in [1.165, 1.54) is 11.3 Å². The van der Waals surface area contributed by atoms with E-state index in [0.717, 1.165) is 9.35 Å². The lowest BCUT2D eigenvalue weighted by Crippen LogP contribution is -2.22. The summed E-state index contributed by atoms with van der Waals surface area (Å²) in [6, 6.07) is 1.83. The van der Waals surface area contributed by atoms with E-state index in [9.17, 15) is 9.59 Å². The van der Waals surface area contributed by atoms with Gasteiger partial charge in [0, 0.05) is 9.85 Å². The highest BCUT2D eigenvalue weighted by Crippen LogP contribution is 2.27. The molecule has 0 aliphatic carbocycles.